The molecule has 0 spiro atoms. The van der Waals surface area contributed by atoms with Crippen molar-refractivity contribution in [2.75, 3.05) is 18.0 Å². The second-order valence-electron chi connectivity index (χ2n) is 6.09. The molecular formula is C16H23BrN2S. The van der Waals surface area contributed by atoms with Gasteiger partial charge in [0.25, 0.3) is 0 Å². The quantitative estimate of drug-likeness (QED) is 0.878. The average molecular weight is 355 g/mol. The van der Waals surface area contributed by atoms with Gasteiger partial charge in [-0.25, -0.2) is 0 Å². The fraction of sp³-hybridized carbons (Fsp3) is 0.625. The normalized spacial score (nSPS) is 26.9. The molecule has 0 aromatic heterocycles. The van der Waals surface area contributed by atoms with Crippen molar-refractivity contribution in [1.29, 1.82) is 0 Å². The highest BCUT2D eigenvalue weighted by molar-refractivity contribution is 9.10. The molecule has 0 bridgehead atoms. The molecule has 2 aliphatic rings. The summed E-state index contributed by atoms with van der Waals surface area (Å²) in [5, 5.41) is 5.01. The van der Waals surface area contributed by atoms with Crippen molar-refractivity contribution < 1.29 is 0 Å². The van der Waals surface area contributed by atoms with Crippen molar-refractivity contribution in [1.82, 2.24) is 5.32 Å². The molecule has 2 fully saturated rings. The number of rotatable bonds is 4. The summed E-state index contributed by atoms with van der Waals surface area (Å²) in [6.07, 6.45) is 2.69. The predicted molar refractivity (Wildman–Crippen MR) is 92.7 cm³/mol. The molecule has 20 heavy (non-hydrogen) atoms. The van der Waals surface area contributed by atoms with E-state index in [1.165, 1.54) is 28.6 Å². The van der Waals surface area contributed by atoms with Crippen LogP contribution in [-0.4, -0.2) is 29.6 Å². The van der Waals surface area contributed by atoms with Gasteiger partial charge in [0.05, 0.1) is 0 Å². The van der Waals surface area contributed by atoms with Gasteiger partial charge < -0.3 is 10.2 Å². The highest BCUT2D eigenvalue weighted by Crippen LogP contribution is 2.31. The highest BCUT2D eigenvalue weighted by Gasteiger charge is 2.23. The Balaban J connectivity index is 1.68. The van der Waals surface area contributed by atoms with Crippen LogP contribution < -0.4 is 10.2 Å². The SMILES string of the molecule is CC1CN(c2ccc(CNC3CC3)c(Br)c2)CC(C)S1. The Bertz CT molecular complexity index is 466. The molecule has 0 radical (unpaired) electrons. The smallest absolute Gasteiger partial charge is 0.0378 e. The lowest BCUT2D eigenvalue weighted by Crippen LogP contribution is -2.40. The molecule has 1 saturated carbocycles. The van der Waals surface area contributed by atoms with E-state index in [4.69, 9.17) is 0 Å². The summed E-state index contributed by atoms with van der Waals surface area (Å²) in [6, 6.07) is 7.61. The first-order valence-corrected chi connectivity index (χ1v) is 9.27. The van der Waals surface area contributed by atoms with E-state index in [0.29, 0.717) is 10.5 Å². The van der Waals surface area contributed by atoms with E-state index >= 15 is 0 Å². The van der Waals surface area contributed by atoms with Gasteiger partial charge in [0, 0.05) is 46.3 Å². The Morgan fingerprint density at radius 1 is 1.25 bits per heavy atom. The predicted octanol–water partition coefficient (Wildman–Crippen LogP) is 4.03. The molecule has 1 aliphatic carbocycles. The number of thioether (sulfide) groups is 1. The Morgan fingerprint density at radius 2 is 1.95 bits per heavy atom. The number of halogens is 1. The third kappa shape index (κ3) is 3.71. The lowest BCUT2D eigenvalue weighted by Gasteiger charge is -2.36. The van der Waals surface area contributed by atoms with Gasteiger partial charge in [0.15, 0.2) is 0 Å². The molecule has 1 N–H and O–H groups in total. The van der Waals surface area contributed by atoms with Crippen LogP contribution in [0.3, 0.4) is 0 Å². The van der Waals surface area contributed by atoms with Crippen LogP contribution in [0.1, 0.15) is 32.3 Å². The minimum absolute atomic E-state index is 0.716. The lowest BCUT2D eigenvalue weighted by atomic mass is 10.1. The maximum atomic E-state index is 3.74. The Kier molecular flexibility index (Phi) is 4.63. The van der Waals surface area contributed by atoms with Gasteiger partial charge in [0.2, 0.25) is 0 Å². The zero-order chi connectivity index (χ0) is 14.1. The van der Waals surface area contributed by atoms with Gasteiger partial charge in [-0.05, 0) is 30.5 Å². The molecule has 110 valence electrons. The molecule has 2 atom stereocenters. The number of nitrogens with zero attached hydrogens (tertiary/aromatic N) is 1. The summed E-state index contributed by atoms with van der Waals surface area (Å²) in [4.78, 5) is 2.52. The van der Waals surface area contributed by atoms with E-state index < -0.39 is 0 Å². The van der Waals surface area contributed by atoms with Gasteiger partial charge in [-0.2, -0.15) is 11.8 Å². The van der Waals surface area contributed by atoms with Gasteiger partial charge in [-0.3, -0.25) is 0 Å². The van der Waals surface area contributed by atoms with Crippen LogP contribution in [0, 0.1) is 0 Å². The summed E-state index contributed by atoms with van der Waals surface area (Å²) in [5.74, 6) is 0. The minimum Gasteiger partial charge on any atom is -0.369 e. The molecule has 0 amide bonds. The summed E-state index contributed by atoms with van der Waals surface area (Å²) < 4.78 is 1.24. The molecule has 1 aromatic carbocycles. The Morgan fingerprint density at radius 3 is 2.55 bits per heavy atom. The second kappa shape index (κ2) is 6.29. The topological polar surface area (TPSA) is 15.3 Å². The fourth-order valence-electron chi connectivity index (χ4n) is 2.81. The summed E-state index contributed by atoms with van der Waals surface area (Å²) in [5.41, 5.74) is 2.72. The van der Waals surface area contributed by atoms with E-state index in [1.54, 1.807) is 0 Å². The van der Waals surface area contributed by atoms with Crippen LogP contribution in [0.2, 0.25) is 0 Å². The van der Waals surface area contributed by atoms with Crippen molar-refractivity contribution in [2.24, 2.45) is 0 Å². The summed E-state index contributed by atoms with van der Waals surface area (Å²) in [6.45, 7) is 7.95. The molecule has 1 heterocycles. The largest absolute Gasteiger partial charge is 0.369 e. The fourth-order valence-corrected chi connectivity index (χ4v) is 4.64. The highest BCUT2D eigenvalue weighted by atomic mass is 79.9. The molecular weight excluding hydrogens is 332 g/mol. The molecule has 3 rings (SSSR count). The average Bonchev–Trinajstić information content (AvgIpc) is 3.20. The molecule has 2 nitrogen and oxygen atoms in total. The van der Waals surface area contributed by atoms with Gasteiger partial charge in [-0.1, -0.05) is 35.8 Å². The first-order valence-electron chi connectivity index (χ1n) is 7.54. The van der Waals surface area contributed by atoms with Crippen LogP contribution in [0.5, 0.6) is 0 Å². The number of nitrogens with one attached hydrogen (secondary N) is 1. The third-order valence-corrected chi connectivity index (χ3v) is 5.95. The first kappa shape index (κ1) is 14.7. The van der Waals surface area contributed by atoms with Crippen LogP contribution in [0.4, 0.5) is 5.69 Å². The third-order valence-electron chi connectivity index (χ3n) is 3.98. The standard InChI is InChI=1S/C16H23BrN2S/c1-11-9-19(10-12(2)20-11)15-6-3-13(16(17)7-15)8-18-14-4-5-14/h3,6-7,11-12,14,18H,4-5,8-10H2,1-2H3. The van der Waals surface area contributed by atoms with Gasteiger partial charge in [0.1, 0.15) is 0 Å². The molecule has 1 aliphatic heterocycles. The second-order valence-corrected chi connectivity index (χ2v) is 8.83. The molecule has 2 unspecified atom stereocenters. The Labute approximate surface area is 134 Å². The van der Waals surface area contributed by atoms with Crippen LogP contribution in [-0.2, 0) is 6.54 Å². The van der Waals surface area contributed by atoms with E-state index in [2.05, 4.69) is 70.0 Å². The molecule has 1 saturated heterocycles. The zero-order valence-corrected chi connectivity index (χ0v) is 14.6. The van der Waals surface area contributed by atoms with Crippen LogP contribution in [0.25, 0.3) is 0 Å². The van der Waals surface area contributed by atoms with Crippen molar-refractivity contribution >= 4 is 33.4 Å². The molecule has 4 heteroatoms. The number of hydrogen-bond acceptors (Lipinski definition) is 3. The van der Waals surface area contributed by atoms with Crippen molar-refractivity contribution in [3.63, 3.8) is 0 Å². The monoisotopic (exact) mass is 354 g/mol. The number of hydrogen-bond donors (Lipinski definition) is 1. The number of benzene rings is 1. The minimum atomic E-state index is 0.716. The first-order chi connectivity index (χ1) is 9.61. The molecule has 1 aromatic rings. The van der Waals surface area contributed by atoms with E-state index in [-0.39, 0.29) is 0 Å². The van der Waals surface area contributed by atoms with Gasteiger partial charge in [-0.15, -0.1) is 0 Å². The lowest BCUT2D eigenvalue weighted by molar-refractivity contribution is 0.685. The van der Waals surface area contributed by atoms with Crippen molar-refractivity contribution in [3.05, 3.63) is 28.2 Å². The van der Waals surface area contributed by atoms with Crippen LogP contribution >= 0.6 is 27.7 Å². The summed E-state index contributed by atoms with van der Waals surface area (Å²) >= 11 is 5.84. The number of anilines is 1. The van der Waals surface area contributed by atoms with Gasteiger partial charge >= 0.3 is 0 Å². The van der Waals surface area contributed by atoms with E-state index in [0.717, 1.165) is 25.7 Å². The maximum Gasteiger partial charge on any atom is 0.0378 e. The van der Waals surface area contributed by atoms with E-state index in [1.807, 2.05) is 0 Å². The van der Waals surface area contributed by atoms with Crippen molar-refractivity contribution in [2.45, 2.75) is 49.8 Å². The van der Waals surface area contributed by atoms with E-state index in [9.17, 15) is 0 Å². The summed E-state index contributed by atoms with van der Waals surface area (Å²) in [7, 11) is 0. The zero-order valence-electron chi connectivity index (χ0n) is 12.2. The maximum absolute atomic E-state index is 3.74. The van der Waals surface area contributed by atoms with Crippen LogP contribution in [0.15, 0.2) is 22.7 Å². The Hall–Kier alpha value is -0.190. The van der Waals surface area contributed by atoms with Crippen molar-refractivity contribution in [3.8, 4) is 0 Å².